The number of thiophene rings is 1. The van der Waals surface area contributed by atoms with Crippen LogP contribution in [0.4, 0.5) is 20.3 Å². The van der Waals surface area contributed by atoms with Crippen molar-refractivity contribution in [2.45, 2.75) is 18.9 Å². The number of rotatable bonds is 8. The fourth-order valence-corrected chi connectivity index (χ4v) is 5.86. The lowest BCUT2D eigenvalue weighted by Gasteiger charge is -2.32. The molecule has 2 aliphatic rings. The second kappa shape index (κ2) is 11.0. The van der Waals surface area contributed by atoms with Gasteiger partial charge < -0.3 is 20.7 Å². The van der Waals surface area contributed by atoms with Gasteiger partial charge in [0.25, 0.3) is 17.9 Å². The Balaban J connectivity index is 1.50. The van der Waals surface area contributed by atoms with E-state index in [2.05, 4.69) is 23.5 Å². The summed E-state index contributed by atoms with van der Waals surface area (Å²) < 4.78 is 32.7. The van der Waals surface area contributed by atoms with Crippen molar-refractivity contribution in [2.24, 2.45) is 0 Å². The number of hydrogen-bond acceptors (Lipinski definition) is 8. The van der Waals surface area contributed by atoms with Crippen LogP contribution in [0, 0.1) is 0 Å². The minimum absolute atomic E-state index is 0.195. The summed E-state index contributed by atoms with van der Waals surface area (Å²) >= 11 is 1.11. The van der Waals surface area contributed by atoms with Crippen molar-refractivity contribution in [1.82, 2.24) is 19.8 Å². The number of amides is 1. The summed E-state index contributed by atoms with van der Waals surface area (Å²) in [5.41, 5.74) is 8.01. The Hall–Kier alpha value is -4.03. The molecule has 1 aromatic carbocycles. The summed E-state index contributed by atoms with van der Waals surface area (Å²) in [6.07, 6.45) is 3.40. The molecule has 0 radical (unpaired) electrons. The van der Waals surface area contributed by atoms with E-state index in [9.17, 15) is 18.4 Å². The van der Waals surface area contributed by atoms with E-state index in [0.29, 0.717) is 59.3 Å². The molecule has 2 aromatic heterocycles. The maximum absolute atomic E-state index is 13.2. The number of alkyl halides is 2. The predicted octanol–water partition coefficient (Wildman–Crippen LogP) is 3.55. The molecule has 0 bridgehead atoms. The second-order valence-electron chi connectivity index (χ2n) is 9.23. The molecule has 0 aliphatic carbocycles. The standard InChI is InChI=1S/C27H28F2N6O3S/c1-3-5-17(4-2)34-10-11-38-21-7-6-18(12-19(21)34)35-20-13-22(39-26(20)32-24(30)27(35)37)25(36)31-16-8-9-33(14-16)15-23(28)29/h3-7,12-13,16,23H,1-2,8-11,14-15H2,(H2,30,32)(H,31,36)/b17-5+. The summed E-state index contributed by atoms with van der Waals surface area (Å²) in [5, 5.41) is 2.92. The number of nitrogen functional groups attached to an aromatic ring is 1. The van der Waals surface area contributed by atoms with E-state index in [1.54, 1.807) is 35.3 Å². The Bertz CT molecular complexity index is 1530. The van der Waals surface area contributed by atoms with Gasteiger partial charge in [-0.05, 0) is 42.8 Å². The second-order valence-corrected chi connectivity index (χ2v) is 10.3. The molecule has 1 fully saturated rings. The molecule has 204 valence electrons. The van der Waals surface area contributed by atoms with Crippen LogP contribution >= 0.6 is 11.3 Å². The number of halogens is 2. The fraction of sp³-hybridized carbons (Fsp3) is 0.296. The number of likely N-dealkylation sites (tertiary alicyclic amines) is 1. The SMILES string of the molecule is C=C/C=C(\C=C)N1CCOc2ccc(-n3c(=O)c(N)nc4sc(C(=O)NC5CCN(CC(F)F)C5)cc43)cc21. The third kappa shape index (κ3) is 5.30. The number of hydrogen-bond donors (Lipinski definition) is 2. The van der Waals surface area contributed by atoms with Crippen LogP contribution in [0.15, 0.2) is 66.1 Å². The zero-order valence-electron chi connectivity index (χ0n) is 21.1. The number of carbonyl (C=O) groups excluding carboxylic acids is 1. The van der Waals surface area contributed by atoms with Gasteiger partial charge in [0.15, 0.2) is 5.82 Å². The Morgan fingerprint density at radius 2 is 2.13 bits per heavy atom. The monoisotopic (exact) mass is 554 g/mol. The van der Waals surface area contributed by atoms with Crippen LogP contribution < -0.4 is 26.2 Å². The summed E-state index contributed by atoms with van der Waals surface area (Å²) in [6, 6.07) is 6.72. The minimum Gasteiger partial charge on any atom is -0.490 e. The van der Waals surface area contributed by atoms with Gasteiger partial charge in [-0.15, -0.1) is 11.3 Å². The lowest BCUT2D eigenvalue weighted by atomic mass is 10.1. The van der Waals surface area contributed by atoms with Crippen LogP contribution in [0.2, 0.25) is 0 Å². The number of fused-ring (bicyclic) bond motifs is 2. The van der Waals surface area contributed by atoms with Gasteiger partial charge in [0, 0.05) is 24.8 Å². The lowest BCUT2D eigenvalue weighted by Crippen LogP contribution is -2.37. The molecule has 3 aromatic rings. The zero-order chi connectivity index (χ0) is 27.7. The maximum Gasteiger partial charge on any atom is 0.298 e. The number of aromatic nitrogens is 2. The number of nitrogens with two attached hydrogens (primary N) is 1. The van der Waals surface area contributed by atoms with Crippen molar-refractivity contribution in [3.05, 3.63) is 76.6 Å². The lowest BCUT2D eigenvalue weighted by molar-refractivity contribution is 0.0921. The molecule has 0 saturated carbocycles. The minimum atomic E-state index is -2.42. The van der Waals surface area contributed by atoms with Crippen LogP contribution in [0.3, 0.4) is 0 Å². The van der Waals surface area contributed by atoms with E-state index in [-0.39, 0.29) is 24.3 Å². The van der Waals surface area contributed by atoms with Crippen molar-refractivity contribution < 1.29 is 18.3 Å². The summed E-state index contributed by atoms with van der Waals surface area (Å²) in [6.45, 7) is 9.26. The van der Waals surface area contributed by atoms with E-state index in [4.69, 9.17) is 10.5 Å². The first-order valence-electron chi connectivity index (χ1n) is 12.4. The fourth-order valence-electron chi connectivity index (χ4n) is 4.93. The predicted molar refractivity (Wildman–Crippen MR) is 149 cm³/mol. The molecule has 4 heterocycles. The van der Waals surface area contributed by atoms with Crippen LogP contribution in [0.25, 0.3) is 16.0 Å². The summed E-state index contributed by atoms with van der Waals surface area (Å²) in [4.78, 5) is 34.9. The molecule has 1 saturated heterocycles. The molecule has 1 amide bonds. The average Bonchev–Trinajstić information content (AvgIpc) is 3.53. The first-order chi connectivity index (χ1) is 18.8. The molecule has 12 heteroatoms. The molecular formula is C27H28F2N6O3S. The first-order valence-corrected chi connectivity index (χ1v) is 13.2. The normalized spacial score (nSPS) is 17.8. The number of carbonyl (C=O) groups is 1. The number of allylic oxidation sites excluding steroid dienone is 3. The van der Waals surface area contributed by atoms with Crippen molar-refractivity contribution in [3.8, 4) is 11.4 Å². The van der Waals surface area contributed by atoms with E-state index in [1.807, 2.05) is 17.0 Å². The third-order valence-corrected chi connectivity index (χ3v) is 7.70. The number of nitrogens with zero attached hydrogens (tertiary/aromatic N) is 4. The van der Waals surface area contributed by atoms with E-state index >= 15 is 0 Å². The number of nitrogens with one attached hydrogen (secondary N) is 1. The van der Waals surface area contributed by atoms with Gasteiger partial charge >= 0.3 is 0 Å². The quantitative estimate of drug-likeness (QED) is 0.410. The van der Waals surface area contributed by atoms with Gasteiger partial charge in [0.05, 0.1) is 34.9 Å². The van der Waals surface area contributed by atoms with E-state index < -0.39 is 12.0 Å². The molecular weight excluding hydrogens is 526 g/mol. The van der Waals surface area contributed by atoms with Gasteiger partial charge in [-0.2, -0.15) is 0 Å². The van der Waals surface area contributed by atoms with Crippen molar-refractivity contribution >= 4 is 39.1 Å². The third-order valence-electron chi connectivity index (χ3n) is 6.68. The van der Waals surface area contributed by atoms with Crippen LogP contribution in [-0.2, 0) is 0 Å². The van der Waals surface area contributed by atoms with E-state index in [1.165, 1.54) is 4.57 Å². The molecule has 0 spiro atoms. The van der Waals surface area contributed by atoms with Gasteiger partial charge in [0.2, 0.25) is 0 Å². The molecule has 39 heavy (non-hydrogen) atoms. The highest BCUT2D eigenvalue weighted by Crippen LogP contribution is 2.37. The topological polar surface area (TPSA) is 106 Å². The Morgan fingerprint density at radius 3 is 2.87 bits per heavy atom. The smallest absolute Gasteiger partial charge is 0.298 e. The highest BCUT2D eigenvalue weighted by molar-refractivity contribution is 7.20. The van der Waals surface area contributed by atoms with Gasteiger partial charge in [-0.1, -0.05) is 19.2 Å². The number of ether oxygens (including phenoxy) is 1. The number of anilines is 2. The van der Waals surface area contributed by atoms with Crippen LogP contribution in [-0.4, -0.2) is 65.6 Å². The Morgan fingerprint density at radius 1 is 1.31 bits per heavy atom. The molecule has 1 unspecified atom stereocenters. The van der Waals surface area contributed by atoms with Crippen molar-refractivity contribution in [2.75, 3.05) is 43.4 Å². The highest BCUT2D eigenvalue weighted by Gasteiger charge is 2.27. The maximum atomic E-state index is 13.2. The van der Waals surface area contributed by atoms with Gasteiger partial charge in [0.1, 0.15) is 17.2 Å². The molecule has 3 N–H and O–H groups in total. The average molecular weight is 555 g/mol. The molecule has 5 rings (SSSR count). The largest absolute Gasteiger partial charge is 0.490 e. The number of benzene rings is 1. The van der Waals surface area contributed by atoms with Crippen LogP contribution in [0.5, 0.6) is 5.75 Å². The summed E-state index contributed by atoms with van der Waals surface area (Å²) in [5.74, 6) is 0.101. The zero-order valence-corrected chi connectivity index (χ0v) is 21.9. The first kappa shape index (κ1) is 26.6. The van der Waals surface area contributed by atoms with E-state index in [0.717, 1.165) is 22.7 Å². The Kier molecular flexibility index (Phi) is 7.49. The van der Waals surface area contributed by atoms with Gasteiger partial charge in [-0.25, -0.2) is 13.8 Å². The van der Waals surface area contributed by atoms with Crippen LogP contribution in [0.1, 0.15) is 16.1 Å². The highest BCUT2D eigenvalue weighted by atomic mass is 32.1. The Labute approximate surface area is 227 Å². The van der Waals surface area contributed by atoms with Crippen molar-refractivity contribution in [3.63, 3.8) is 0 Å². The molecule has 1 atom stereocenters. The van der Waals surface area contributed by atoms with Gasteiger partial charge in [-0.3, -0.25) is 19.1 Å². The molecule has 9 nitrogen and oxygen atoms in total. The van der Waals surface area contributed by atoms with Crippen molar-refractivity contribution in [1.29, 1.82) is 0 Å². The summed E-state index contributed by atoms with van der Waals surface area (Å²) in [7, 11) is 0. The molecule has 2 aliphatic heterocycles.